The van der Waals surface area contributed by atoms with Crippen LogP contribution in [0.25, 0.3) is 11.1 Å². The van der Waals surface area contributed by atoms with Gasteiger partial charge in [-0.3, -0.25) is 4.79 Å². The number of ether oxygens (including phenoxy) is 2. The first-order valence-corrected chi connectivity index (χ1v) is 11.5. The van der Waals surface area contributed by atoms with Gasteiger partial charge in [0.2, 0.25) is 0 Å². The molecule has 2 aliphatic carbocycles. The number of carbonyl (C=O) groups is 3. The largest absolute Gasteiger partial charge is 0.478 e. The predicted octanol–water partition coefficient (Wildman–Crippen LogP) is 2.97. The van der Waals surface area contributed by atoms with Gasteiger partial charge in [0.1, 0.15) is 6.61 Å². The van der Waals surface area contributed by atoms with Gasteiger partial charge in [0.05, 0.1) is 6.04 Å². The predicted molar refractivity (Wildman–Crippen MR) is 123 cm³/mol. The molecule has 2 aromatic carbocycles. The Morgan fingerprint density at radius 2 is 1.68 bits per heavy atom. The van der Waals surface area contributed by atoms with E-state index in [1.165, 1.54) is 0 Å². The molecule has 0 aromatic heterocycles. The monoisotopic (exact) mass is 462 g/mol. The van der Waals surface area contributed by atoms with Crippen molar-refractivity contribution in [3.05, 3.63) is 71.3 Å². The number of hydrogen-bond acceptors (Lipinski definition) is 5. The topological polar surface area (TPSA) is 114 Å². The number of rotatable bonds is 6. The quantitative estimate of drug-likeness (QED) is 0.608. The van der Waals surface area contributed by atoms with Gasteiger partial charge in [-0.15, -0.1) is 0 Å². The summed E-state index contributed by atoms with van der Waals surface area (Å²) in [5.74, 6) is -1.37. The van der Waals surface area contributed by atoms with Gasteiger partial charge in [0, 0.05) is 24.1 Å². The zero-order valence-electron chi connectivity index (χ0n) is 18.5. The summed E-state index contributed by atoms with van der Waals surface area (Å²) < 4.78 is 11.2. The minimum absolute atomic E-state index is 0.0460. The lowest BCUT2D eigenvalue weighted by Crippen LogP contribution is -2.50. The summed E-state index contributed by atoms with van der Waals surface area (Å²) in [6.45, 7) is 0.533. The third-order valence-corrected chi connectivity index (χ3v) is 6.73. The number of carbonyl (C=O) groups excluding carboxylic acids is 2. The van der Waals surface area contributed by atoms with Crippen LogP contribution >= 0.6 is 0 Å². The average Bonchev–Trinajstić information content (AvgIpc) is 3.56. The van der Waals surface area contributed by atoms with Crippen molar-refractivity contribution in [1.29, 1.82) is 0 Å². The van der Waals surface area contributed by atoms with Crippen LogP contribution in [0.15, 0.2) is 60.2 Å². The first-order chi connectivity index (χ1) is 16.5. The van der Waals surface area contributed by atoms with Crippen molar-refractivity contribution in [1.82, 2.24) is 10.6 Å². The van der Waals surface area contributed by atoms with Crippen LogP contribution in [0.2, 0.25) is 0 Å². The summed E-state index contributed by atoms with van der Waals surface area (Å²) in [4.78, 5) is 36.4. The molecule has 3 unspecified atom stereocenters. The van der Waals surface area contributed by atoms with Crippen LogP contribution < -0.4 is 10.6 Å². The fourth-order valence-corrected chi connectivity index (χ4v) is 5.07. The fourth-order valence-electron chi connectivity index (χ4n) is 5.07. The van der Waals surface area contributed by atoms with Crippen LogP contribution in [-0.2, 0) is 19.1 Å². The van der Waals surface area contributed by atoms with E-state index < -0.39 is 24.2 Å². The van der Waals surface area contributed by atoms with E-state index in [9.17, 15) is 14.4 Å². The lowest BCUT2D eigenvalue weighted by molar-refractivity contribution is -0.133. The Kier molecular flexibility index (Phi) is 6.06. The van der Waals surface area contributed by atoms with Crippen molar-refractivity contribution in [2.45, 2.75) is 43.4 Å². The number of amides is 2. The van der Waals surface area contributed by atoms with E-state index in [2.05, 4.69) is 34.9 Å². The van der Waals surface area contributed by atoms with Gasteiger partial charge in [-0.25, -0.2) is 9.59 Å². The van der Waals surface area contributed by atoms with Gasteiger partial charge in [0.15, 0.2) is 6.10 Å². The van der Waals surface area contributed by atoms with Crippen LogP contribution in [0.5, 0.6) is 0 Å². The molecule has 1 aliphatic heterocycles. The second-order valence-electron chi connectivity index (χ2n) is 8.84. The highest BCUT2D eigenvalue weighted by Gasteiger charge is 2.37. The molecule has 0 spiro atoms. The van der Waals surface area contributed by atoms with Crippen LogP contribution in [-0.4, -0.2) is 54.5 Å². The van der Waals surface area contributed by atoms with Crippen molar-refractivity contribution >= 4 is 18.0 Å². The van der Waals surface area contributed by atoms with E-state index in [-0.39, 0.29) is 30.9 Å². The summed E-state index contributed by atoms with van der Waals surface area (Å²) >= 11 is 0. The Hall–Kier alpha value is -3.65. The molecular formula is C26H26N2O6. The fraction of sp³-hybridized carbons (Fsp3) is 0.346. The molecule has 34 heavy (non-hydrogen) atoms. The molecule has 0 radical (unpaired) electrons. The molecule has 1 heterocycles. The van der Waals surface area contributed by atoms with Crippen LogP contribution in [0, 0.1) is 0 Å². The summed E-state index contributed by atoms with van der Waals surface area (Å²) in [7, 11) is 0. The standard InChI is InChI=1S/C26H26N2O6/c29-24(27-16-10-9-15(13-16)25(30)31)23-22(11-12-33-23)28-26(32)34-14-21-19-7-3-1-5-17(19)18-6-2-4-8-20(18)21/h1-9,16,21-23H,10-14H2,(H,27,29)(H,28,32)(H,30,31). The molecule has 0 bridgehead atoms. The molecule has 3 atom stereocenters. The van der Waals surface area contributed by atoms with Gasteiger partial charge in [-0.05, 0) is 41.5 Å². The van der Waals surface area contributed by atoms with Crippen molar-refractivity contribution in [3.8, 4) is 11.1 Å². The first kappa shape index (κ1) is 22.2. The number of hydrogen-bond donors (Lipinski definition) is 3. The molecule has 3 N–H and O–H groups in total. The van der Waals surface area contributed by atoms with Crippen molar-refractivity contribution in [2.75, 3.05) is 13.2 Å². The average molecular weight is 463 g/mol. The summed E-state index contributed by atoms with van der Waals surface area (Å²) in [6, 6.07) is 15.4. The zero-order chi connectivity index (χ0) is 23.7. The summed E-state index contributed by atoms with van der Waals surface area (Å²) in [5, 5.41) is 14.7. The van der Waals surface area contributed by atoms with Gasteiger partial charge >= 0.3 is 12.1 Å². The number of nitrogens with one attached hydrogen (secondary N) is 2. The van der Waals surface area contributed by atoms with Gasteiger partial charge in [-0.2, -0.15) is 0 Å². The number of fused-ring (bicyclic) bond motifs is 3. The Morgan fingerprint density at radius 3 is 2.32 bits per heavy atom. The first-order valence-electron chi connectivity index (χ1n) is 11.5. The molecule has 1 fully saturated rings. The maximum Gasteiger partial charge on any atom is 0.407 e. The lowest BCUT2D eigenvalue weighted by atomic mass is 9.98. The molecule has 3 aliphatic rings. The highest BCUT2D eigenvalue weighted by molar-refractivity contribution is 5.88. The maximum absolute atomic E-state index is 12.7. The number of benzene rings is 2. The maximum atomic E-state index is 12.7. The van der Waals surface area contributed by atoms with Crippen molar-refractivity contribution < 1.29 is 29.0 Å². The molecule has 5 rings (SSSR count). The number of carboxylic acid groups (broad SMARTS) is 1. The molecule has 0 saturated carbocycles. The van der Waals surface area contributed by atoms with E-state index in [4.69, 9.17) is 14.6 Å². The second-order valence-corrected chi connectivity index (χ2v) is 8.84. The van der Waals surface area contributed by atoms with E-state index in [1.54, 1.807) is 6.08 Å². The lowest BCUT2D eigenvalue weighted by Gasteiger charge is -2.22. The highest BCUT2D eigenvalue weighted by atomic mass is 16.6. The summed E-state index contributed by atoms with van der Waals surface area (Å²) in [6.07, 6.45) is 1.42. The Balaban J connectivity index is 1.17. The molecule has 8 heteroatoms. The minimum Gasteiger partial charge on any atom is -0.478 e. The van der Waals surface area contributed by atoms with E-state index in [0.717, 1.165) is 22.3 Å². The van der Waals surface area contributed by atoms with E-state index in [1.807, 2.05) is 24.3 Å². The second kappa shape index (κ2) is 9.30. The summed E-state index contributed by atoms with van der Waals surface area (Å²) in [5.41, 5.74) is 4.86. The molecule has 2 amide bonds. The number of alkyl carbamates (subject to hydrolysis) is 1. The normalized spacial score (nSPS) is 23.1. The van der Waals surface area contributed by atoms with E-state index in [0.29, 0.717) is 25.0 Å². The number of aliphatic carboxylic acids is 1. The van der Waals surface area contributed by atoms with Gasteiger partial charge < -0.3 is 25.2 Å². The third kappa shape index (κ3) is 4.28. The minimum atomic E-state index is -0.969. The van der Waals surface area contributed by atoms with Crippen molar-refractivity contribution in [2.24, 2.45) is 0 Å². The van der Waals surface area contributed by atoms with Crippen molar-refractivity contribution in [3.63, 3.8) is 0 Å². The van der Waals surface area contributed by atoms with Crippen LogP contribution in [0.1, 0.15) is 36.3 Å². The Morgan fingerprint density at radius 1 is 1.00 bits per heavy atom. The SMILES string of the molecule is O=C(NC1CCOC1C(=O)NC1CC=C(C(=O)O)C1)OCC1c2ccccc2-c2ccccc21. The Bertz CT molecular complexity index is 1110. The molecule has 1 saturated heterocycles. The molecule has 176 valence electrons. The van der Waals surface area contributed by atoms with Crippen LogP contribution in [0.3, 0.4) is 0 Å². The molecule has 2 aromatic rings. The molecular weight excluding hydrogens is 436 g/mol. The zero-order valence-corrected chi connectivity index (χ0v) is 18.5. The van der Waals surface area contributed by atoms with Gasteiger partial charge in [0.25, 0.3) is 5.91 Å². The molecule has 8 nitrogen and oxygen atoms in total. The number of carboxylic acids is 1. The highest BCUT2D eigenvalue weighted by Crippen LogP contribution is 2.44. The van der Waals surface area contributed by atoms with Crippen LogP contribution in [0.4, 0.5) is 4.79 Å². The smallest absolute Gasteiger partial charge is 0.407 e. The van der Waals surface area contributed by atoms with Gasteiger partial charge in [-0.1, -0.05) is 54.6 Å². The third-order valence-electron chi connectivity index (χ3n) is 6.73. The van der Waals surface area contributed by atoms with E-state index >= 15 is 0 Å². The Labute approximate surface area is 196 Å².